The number of nitrogens with one attached hydrogen (secondary N) is 1. The van der Waals surface area contributed by atoms with Crippen LogP contribution in [-0.2, 0) is 13.1 Å². The fourth-order valence-electron chi connectivity index (χ4n) is 3.78. The Bertz CT molecular complexity index is 411. The van der Waals surface area contributed by atoms with Crippen molar-refractivity contribution in [1.82, 2.24) is 9.88 Å². The van der Waals surface area contributed by atoms with E-state index >= 15 is 0 Å². The van der Waals surface area contributed by atoms with E-state index in [0.29, 0.717) is 5.41 Å². The van der Waals surface area contributed by atoms with Crippen LogP contribution in [0.15, 0.2) is 6.07 Å². The van der Waals surface area contributed by atoms with Gasteiger partial charge in [-0.1, -0.05) is 19.8 Å². The summed E-state index contributed by atoms with van der Waals surface area (Å²) in [7, 11) is 0. The highest BCUT2D eigenvalue weighted by Crippen LogP contribution is 2.40. The SMILES string of the molecule is CCn1c(C)cc(CNCC2(CC)CCCC2)c1C. The Hall–Kier alpha value is -0.760. The molecule has 1 fully saturated rings. The predicted octanol–water partition coefficient (Wildman–Crippen LogP) is 4.18. The van der Waals surface area contributed by atoms with Crippen LogP contribution in [0.4, 0.5) is 0 Å². The number of aryl methyl sites for hydroxylation is 1. The lowest BCUT2D eigenvalue weighted by Crippen LogP contribution is -2.31. The molecule has 1 aromatic rings. The van der Waals surface area contributed by atoms with Crippen LogP contribution in [0.5, 0.6) is 0 Å². The van der Waals surface area contributed by atoms with E-state index in [1.807, 2.05) is 0 Å². The second-order valence-corrected chi connectivity index (χ2v) is 6.30. The average Bonchev–Trinajstić information content (AvgIpc) is 2.97. The van der Waals surface area contributed by atoms with Crippen LogP contribution in [0.1, 0.15) is 62.9 Å². The Morgan fingerprint density at radius 3 is 2.42 bits per heavy atom. The van der Waals surface area contributed by atoms with E-state index in [4.69, 9.17) is 0 Å². The molecule has 2 heteroatoms. The first-order valence-electron chi connectivity index (χ1n) is 7.98. The maximum atomic E-state index is 3.73. The first kappa shape index (κ1) is 14.6. The molecule has 0 bridgehead atoms. The Kier molecular flexibility index (Phi) is 4.72. The van der Waals surface area contributed by atoms with Gasteiger partial charge in [0.25, 0.3) is 0 Å². The van der Waals surface area contributed by atoms with Crippen molar-refractivity contribution in [3.8, 4) is 0 Å². The number of hydrogen-bond donors (Lipinski definition) is 1. The summed E-state index contributed by atoms with van der Waals surface area (Å²) >= 11 is 0. The van der Waals surface area contributed by atoms with Gasteiger partial charge in [0.1, 0.15) is 0 Å². The van der Waals surface area contributed by atoms with Gasteiger partial charge in [0.2, 0.25) is 0 Å². The summed E-state index contributed by atoms with van der Waals surface area (Å²) in [6.45, 7) is 12.3. The summed E-state index contributed by atoms with van der Waals surface area (Å²) in [5, 5.41) is 3.73. The molecular formula is C17H30N2. The third-order valence-corrected chi connectivity index (χ3v) is 5.22. The highest BCUT2D eigenvalue weighted by Gasteiger charge is 2.31. The van der Waals surface area contributed by atoms with E-state index in [1.54, 1.807) is 0 Å². The van der Waals surface area contributed by atoms with E-state index in [9.17, 15) is 0 Å². The first-order valence-corrected chi connectivity index (χ1v) is 7.98. The maximum Gasteiger partial charge on any atom is 0.0223 e. The molecule has 108 valence electrons. The molecule has 0 saturated heterocycles. The third-order valence-electron chi connectivity index (χ3n) is 5.22. The molecule has 0 aliphatic heterocycles. The molecule has 0 radical (unpaired) electrons. The van der Waals surface area contributed by atoms with E-state index in [0.717, 1.165) is 13.1 Å². The molecule has 19 heavy (non-hydrogen) atoms. The van der Waals surface area contributed by atoms with Crippen LogP contribution in [-0.4, -0.2) is 11.1 Å². The molecule has 0 aromatic carbocycles. The number of nitrogens with zero attached hydrogens (tertiary/aromatic N) is 1. The van der Waals surface area contributed by atoms with Crippen LogP contribution in [0.25, 0.3) is 0 Å². The summed E-state index contributed by atoms with van der Waals surface area (Å²) in [4.78, 5) is 0. The predicted molar refractivity (Wildman–Crippen MR) is 82.5 cm³/mol. The van der Waals surface area contributed by atoms with E-state index < -0.39 is 0 Å². The van der Waals surface area contributed by atoms with Crippen molar-refractivity contribution < 1.29 is 0 Å². The van der Waals surface area contributed by atoms with E-state index in [1.165, 1.54) is 55.6 Å². The topological polar surface area (TPSA) is 17.0 Å². The summed E-state index contributed by atoms with van der Waals surface area (Å²) in [5.41, 5.74) is 4.90. The van der Waals surface area contributed by atoms with Crippen molar-refractivity contribution in [3.63, 3.8) is 0 Å². The van der Waals surface area contributed by atoms with Gasteiger partial charge in [0.05, 0.1) is 0 Å². The van der Waals surface area contributed by atoms with Crippen molar-refractivity contribution in [2.45, 2.75) is 72.9 Å². The molecule has 0 unspecified atom stereocenters. The number of hydrogen-bond acceptors (Lipinski definition) is 1. The van der Waals surface area contributed by atoms with Gasteiger partial charge in [-0.25, -0.2) is 0 Å². The van der Waals surface area contributed by atoms with Gasteiger partial charge < -0.3 is 9.88 Å². The molecule has 1 aromatic heterocycles. The third kappa shape index (κ3) is 3.05. The first-order chi connectivity index (χ1) is 9.12. The molecule has 1 saturated carbocycles. The molecule has 0 atom stereocenters. The lowest BCUT2D eigenvalue weighted by Gasteiger charge is -2.27. The summed E-state index contributed by atoms with van der Waals surface area (Å²) in [5.74, 6) is 0. The number of rotatable bonds is 6. The fourth-order valence-corrected chi connectivity index (χ4v) is 3.78. The van der Waals surface area contributed by atoms with Crippen LogP contribution in [0, 0.1) is 19.3 Å². The van der Waals surface area contributed by atoms with Crippen molar-refractivity contribution in [1.29, 1.82) is 0 Å². The highest BCUT2D eigenvalue weighted by atomic mass is 15.0. The highest BCUT2D eigenvalue weighted by molar-refractivity contribution is 5.26. The lowest BCUT2D eigenvalue weighted by molar-refractivity contribution is 0.268. The molecule has 2 rings (SSSR count). The minimum absolute atomic E-state index is 0.594. The fraction of sp³-hybridized carbons (Fsp3) is 0.765. The van der Waals surface area contributed by atoms with Gasteiger partial charge in [-0.3, -0.25) is 0 Å². The molecule has 1 aliphatic rings. The molecule has 2 nitrogen and oxygen atoms in total. The Morgan fingerprint density at radius 2 is 1.89 bits per heavy atom. The molecular weight excluding hydrogens is 232 g/mol. The Labute approximate surface area is 118 Å². The van der Waals surface area contributed by atoms with E-state index in [2.05, 4.69) is 43.6 Å². The minimum atomic E-state index is 0.594. The zero-order valence-corrected chi connectivity index (χ0v) is 13.2. The molecule has 1 N–H and O–H groups in total. The molecule has 0 amide bonds. The van der Waals surface area contributed by atoms with Crippen molar-refractivity contribution in [2.75, 3.05) is 6.54 Å². The molecule has 1 heterocycles. The van der Waals surface area contributed by atoms with Gasteiger partial charge >= 0.3 is 0 Å². The second kappa shape index (κ2) is 6.13. The van der Waals surface area contributed by atoms with Crippen LogP contribution in [0.3, 0.4) is 0 Å². The van der Waals surface area contributed by atoms with Crippen LogP contribution < -0.4 is 5.32 Å². The zero-order valence-electron chi connectivity index (χ0n) is 13.2. The maximum absolute atomic E-state index is 3.73. The van der Waals surface area contributed by atoms with Gasteiger partial charge in [-0.2, -0.15) is 0 Å². The Balaban J connectivity index is 1.92. The monoisotopic (exact) mass is 262 g/mol. The van der Waals surface area contributed by atoms with Crippen molar-refractivity contribution in [3.05, 3.63) is 23.0 Å². The van der Waals surface area contributed by atoms with Gasteiger partial charge in [0.15, 0.2) is 0 Å². The standard InChI is InChI=1S/C17H30N2/c1-5-17(9-7-8-10-17)13-18-12-16-11-14(3)19(6-2)15(16)4/h11,18H,5-10,12-13H2,1-4H3. The number of aromatic nitrogens is 1. The quantitative estimate of drug-likeness (QED) is 0.813. The normalized spacial score (nSPS) is 18.1. The smallest absolute Gasteiger partial charge is 0.0223 e. The van der Waals surface area contributed by atoms with Gasteiger partial charge in [0, 0.05) is 31.0 Å². The minimum Gasteiger partial charge on any atom is -0.349 e. The lowest BCUT2D eigenvalue weighted by atomic mass is 9.83. The van der Waals surface area contributed by atoms with Gasteiger partial charge in [-0.05, 0) is 57.1 Å². The zero-order chi connectivity index (χ0) is 13.9. The largest absolute Gasteiger partial charge is 0.349 e. The van der Waals surface area contributed by atoms with Gasteiger partial charge in [-0.15, -0.1) is 0 Å². The van der Waals surface area contributed by atoms with Crippen LogP contribution >= 0.6 is 0 Å². The summed E-state index contributed by atoms with van der Waals surface area (Å²) in [6, 6.07) is 2.35. The second-order valence-electron chi connectivity index (χ2n) is 6.30. The van der Waals surface area contributed by atoms with Crippen molar-refractivity contribution in [2.24, 2.45) is 5.41 Å². The summed E-state index contributed by atoms with van der Waals surface area (Å²) in [6.07, 6.45) is 7.03. The molecule has 0 spiro atoms. The van der Waals surface area contributed by atoms with E-state index in [-0.39, 0.29) is 0 Å². The average molecular weight is 262 g/mol. The van der Waals surface area contributed by atoms with Crippen LogP contribution in [0.2, 0.25) is 0 Å². The van der Waals surface area contributed by atoms with Crippen molar-refractivity contribution >= 4 is 0 Å². The summed E-state index contributed by atoms with van der Waals surface area (Å²) < 4.78 is 2.40. The Morgan fingerprint density at radius 1 is 1.21 bits per heavy atom. The molecule has 1 aliphatic carbocycles.